The molecule has 1 fully saturated rings. The number of carbonyl (C=O) groups is 1. The molecule has 2 aromatic carbocycles. The second kappa shape index (κ2) is 8.86. The maximum Gasteiger partial charge on any atom is 0.230 e. The first-order valence-electron chi connectivity index (χ1n) is 9.67. The summed E-state index contributed by atoms with van der Waals surface area (Å²) in [7, 11) is 0. The number of halogens is 2. The normalized spacial score (nSPS) is 22.9. The second-order valence-corrected chi connectivity index (χ2v) is 8.44. The van der Waals surface area contributed by atoms with E-state index in [1.165, 1.54) is 0 Å². The SMILES string of the molecule is CC[C@H]([C@H](C)O)N1C(=O)[C](C)C[C@H](c2cccc(Cl)c2)[C@H]1c1ccc(Cl)cc1. The molecule has 149 valence electrons. The third-order valence-corrected chi connectivity index (χ3v) is 6.11. The summed E-state index contributed by atoms with van der Waals surface area (Å²) >= 11 is 12.4. The van der Waals surface area contributed by atoms with Crippen molar-refractivity contribution in [1.29, 1.82) is 0 Å². The van der Waals surface area contributed by atoms with Gasteiger partial charge >= 0.3 is 0 Å². The largest absolute Gasteiger partial charge is 0.391 e. The molecule has 0 saturated carbocycles. The molecule has 28 heavy (non-hydrogen) atoms. The molecule has 1 aliphatic heterocycles. The Morgan fingerprint density at radius 2 is 1.79 bits per heavy atom. The molecule has 0 aromatic heterocycles. The van der Waals surface area contributed by atoms with E-state index in [4.69, 9.17) is 23.2 Å². The van der Waals surface area contributed by atoms with Gasteiger partial charge in [-0.25, -0.2) is 0 Å². The molecule has 3 nitrogen and oxygen atoms in total. The fourth-order valence-corrected chi connectivity index (χ4v) is 4.61. The fourth-order valence-electron chi connectivity index (χ4n) is 4.29. The van der Waals surface area contributed by atoms with Crippen molar-refractivity contribution in [2.45, 2.75) is 57.7 Å². The van der Waals surface area contributed by atoms with Crippen LogP contribution < -0.4 is 0 Å². The number of rotatable bonds is 5. The summed E-state index contributed by atoms with van der Waals surface area (Å²) in [5.74, 6) is 0.852. The lowest BCUT2D eigenvalue weighted by molar-refractivity contribution is -0.141. The average molecular weight is 419 g/mol. The number of nitrogens with zero attached hydrogens (tertiary/aromatic N) is 1. The van der Waals surface area contributed by atoms with E-state index in [0.717, 1.165) is 17.0 Å². The average Bonchev–Trinajstić information content (AvgIpc) is 2.66. The fraction of sp³-hybridized carbons (Fsp3) is 0.391. The van der Waals surface area contributed by atoms with Crippen LogP contribution in [0.25, 0.3) is 0 Å². The minimum atomic E-state index is -0.630. The number of carbonyl (C=O) groups excluding carboxylic acids is 1. The Morgan fingerprint density at radius 3 is 2.36 bits per heavy atom. The van der Waals surface area contributed by atoms with Crippen molar-refractivity contribution in [3.05, 3.63) is 75.6 Å². The summed E-state index contributed by atoms with van der Waals surface area (Å²) in [5, 5.41) is 11.8. The highest BCUT2D eigenvalue weighted by molar-refractivity contribution is 6.30. The topological polar surface area (TPSA) is 40.5 Å². The van der Waals surface area contributed by atoms with E-state index >= 15 is 0 Å². The Hall–Kier alpha value is -1.55. The lowest BCUT2D eigenvalue weighted by Crippen LogP contribution is -2.53. The Bertz CT molecular complexity index is 822. The number of amides is 1. The molecule has 1 aliphatic rings. The minimum Gasteiger partial charge on any atom is -0.391 e. The lowest BCUT2D eigenvalue weighted by atomic mass is 9.75. The number of aliphatic hydroxyl groups excluding tert-OH is 1. The standard InChI is InChI=1S/C23H26Cl2NO2/c1-4-21(15(3)27)26-22(16-8-10-18(24)11-9-16)20(12-14(2)23(26)28)17-6-5-7-19(25)13-17/h5-11,13,15,20-22,27H,4,12H2,1-3H3/t15-,20+,21+,22+/m0/s1. The van der Waals surface area contributed by atoms with Crippen molar-refractivity contribution < 1.29 is 9.90 Å². The zero-order valence-corrected chi connectivity index (χ0v) is 17.9. The third kappa shape index (κ3) is 4.22. The molecule has 5 heteroatoms. The first-order valence-corrected chi connectivity index (χ1v) is 10.4. The van der Waals surface area contributed by atoms with Crippen molar-refractivity contribution in [3.63, 3.8) is 0 Å². The van der Waals surface area contributed by atoms with Gasteiger partial charge in [0.2, 0.25) is 5.91 Å². The van der Waals surface area contributed by atoms with Gasteiger partial charge in [-0.2, -0.15) is 0 Å². The van der Waals surface area contributed by atoms with Gasteiger partial charge in [-0.15, -0.1) is 0 Å². The van der Waals surface area contributed by atoms with E-state index in [2.05, 4.69) is 6.07 Å². The predicted molar refractivity (Wildman–Crippen MR) is 115 cm³/mol. The molecule has 1 radical (unpaired) electrons. The molecule has 3 rings (SSSR count). The van der Waals surface area contributed by atoms with Crippen LogP contribution in [0.2, 0.25) is 10.0 Å². The van der Waals surface area contributed by atoms with Gasteiger partial charge < -0.3 is 10.0 Å². The van der Waals surface area contributed by atoms with Crippen molar-refractivity contribution in [3.8, 4) is 0 Å². The summed E-state index contributed by atoms with van der Waals surface area (Å²) in [6.07, 6.45) is 0.692. The van der Waals surface area contributed by atoms with Gasteiger partial charge in [-0.3, -0.25) is 4.79 Å². The van der Waals surface area contributed by atoms with Crippen LogP contribution >= 0.6 is 23.2 Å². The highest BCUT2D eigenvalue weighted by Crippen LogP contribution is 2.47. The van der Waals surface area contributed by atoms with Crippen molar-refractivity contribution in [2.75, 3.05) is 0 Å². The van der Waals surface area contributed by atoms with E-state index in [9.17, 15) is 9.90 Å². The van der Waals surface area contributed by atoms with Crippen LogP contribution in [0.4, 0.5) is 0 Å². The molecule has 0 bridgehead atoms. The Kier molecular flexibility index (Phi) is 6.69. The van der Waals surface area contributed by atoms with Crippen LogP contribution in [0.1, 0.15) is 56.7 Å². The number of benzene rings is 2. The highest BCUT2D eigenvalue weighted by Gasteiger charge is 2.45. The summed E-state index contributed by atoms with van der Waals surface area (Å²) in [5.41, 5.74) is 2.10. The Morgan fingerprint density at radius 1 is 1.11 bits per heavy atom. The minimum absolute atomic E-state index is 0.00554. The number of aliphatic hydroxyl groups is 1. The van der Waals surface area contributed by atoms with E-state index in [1.807, 2.05) is 61.2 Å². The summed E-state index contributed by atoms with van der Waals surface area (Å²) in [6, 6.07) is 15.0. The zero-order chi connectivity index (χ0) is 20.4. The molecule has 1 heterocycles. The molecule has 0 spiro atoms. The van der Waals surface area contributed by atoms with Crippen LogP contribution in [0.15, 0.2) is 48.5 Å². The van der Waals surface area contributed by atoms with Crippen molar-refractivity contribution in [2.24, 2.45) is 0 Å². The number of hydrogen-bond donors (Lipinski definition) is 1. The first-order chi connectivity index (χ1) is 13.3. The molecule has 4 atom stereocenters. The number of piperidine rings is 1. The van der Waals surface area contributed by atoms with Crippen LogP contribution in [0.3, 0.4) is 0 Å². The van der Waals surface area contributed by atoms with Crippen molar-refractivity contribution in [1.82, 2.24) is 4.90 Å². The van der Waals surface area contributed by atoms with E-state index in [0.29, 0.717) is 22.9 Å². The Balaban J connectivity index is 2.16. The smallest absolute Gasteiger partial charge is 0.230 e. The van der Waals surface area contributed by atoms with Crippen LogP contribution in [0, 0.1) is 5.92 Å². The molecule has 0 aliphatic carbocycles. The molecule has 1 saturated heterocycles. The maximum atomic E-state index is 13.3. The van der Waals surface area contributed by atoms with Gasteiger partial charge in [0, 0.05) is 16.0 Å². The monoisotopic (exact) mass is 418 g/mol. The highest BCUT2D eigenvalue weighted by atomic mass is 35.5. The summed E-state index contributed by atoms with van der Waals surface area (Å²) in [6.45, 7) is 5.64. The summed E-state index contributed by atoms with van der Waals surface area (Å²) in [4.78, 5) is 15.1. The number of hydrogen-bond acceptors (Lipinski definition) is 2. The maximum absolute atomic E-state index is 13.3. The molecular weight excluding hydrogens is 393 g/mol. The van der Waals surface area contributed by atoms with Crippen LogP contribution in [-0.2, 0) is 4.79 Å². The lowest BCUT2D eigenvalue weighted by Gasteiger charge is -2.48. The number of likely N-dealkylation sites (tertiary alicyclic amines) is 1. The molecule has 1 amide bonds. The summed E-state index contributed by atoms with van der Waals surface area (Å²) < 4.78 is 0. The molecule has 2 aromatic rings. The second-order valence-electron chi connectivity index (χ2n) is 7.57. The van der Waals surface area contributed by atoms with E-state index in [-0.39, 0.29) is 23.9 Å². The van der Waals surface area contributed by atoms with Gasteiger partial charge in [-0.05, 0) is 62.1 Å². The molecular formula is C23H26Cl2NO2. The van der Waals surface area contributed by atoms with E-state index < -0.39 is 6.10 Å². The Labute approximate surface area is 177 Å². The van der Waals surface area contributed by atoms with Gasteiger partial charge in [-0.1, -0.05) is 54.4 Å². The van der Waals surface area contributed by atoms with Gasteiger partial charge in [0.05, 0.1) is 24.1 Å². The molecule has 1 N–H and O–H groups in total. The first kappa shape index (κ1) is 21.2. The molecule has 0 unspecified atom stereocenters. The van der Waals surface area contributed by atoms with Crippen LogP contribution in [-0.4, -0.2) is 28.1 Å². The quantitative estimate of drug-likeness (QED) is 0.665. The third-order valence-electron chi connectivity index (χ3n) is 5.63. The zero-order valence-electron chi connectivity index (χ0n) is 16.4. The predicted octanol–water partition coefficient (Wildman–Crippen LogP) is 5.80. The van der Waals surface area contributed by atoms with Crippen LogP contribution in [0.5, 0.6) is 0 Å². The van der Waals surface area contributed by atoms with E-state index in [1.54, 1.807) is 6.92 Å². The van der Waals surface area contributed by atoms with Gasteiger partial charge in [0.25, 0.3) is 0 Å². The van der Waals surface area contributed by atoms with Gasteiger partial charge in [0.15, 0.2) is 0 Å². The van der Waals surface area contributed by atoms with Crippen molar-refractivity contribution >= 4 is 29.1 Å². The van der Waals surface area contributed by atoms with Gasteiger partial charge in [0.1, 0.15) is 0 Å².